The summed E-state index contributed by atoms with van der Waals surface area (Å²) in [5.74, 6) is -0.469. The third-order valence-corrected chi connectivity index (χ3v) is 4.48. The van der Waals surface area contributed by atoms with Gasteiger partial charge in [0, 0.05) is 21.8 Å². The van der Waals surface area contributed by atoms with E-state index < -0.39 is 10.8 Å². The first-order chi connectivity index (χ1) is 10.0. The van der Waals surface area contributed by atoms with Gasteiger partial charge in [0.1, 0.15) is 11.3 Å². The minimum atomic E-state index is -0.553. The lowest BCUT2D eigenvalue weighted by molar-refractivity contribution is -0.384. The molecule has 1 aromatic heterocycles. The molecule has 1 heterocycles. The van der Waals surface area contributed by atoms with Crippen molar-refractivity contribution in [2.45, 2.75) is 6.54 Å². The first-order valence-corrected chi connectivity index (χ1v) is 7.66. The Bertz CT molecular complexity index is 687. The molecule has 0 spiro atoms. The molecule has 0 saturated heterocycles. The zero-order valence-electron chi connectivity index (χ0n) is 11.1. The van der Waals surface area contributed by atoms with Crippen molar-refractivity contribution in [1.29, 1.82) is 0 Å². The van der Waals surface area contributed by atoms with Gasteiger partial charge in [-0.15, -0.1) is 11.3 Å². The number of nitro groups is 1. The Kier molecular flexibility index (Phi) is 4.92. The standard InChI is InChI=1S/C13H12BrN3O3S/c1-15-11-4-2-3-10(12(11)17(19)20)13(18)16-6-9-5-8(14)7-21-9/h2-5,7,15H,6H2,1H3,(H,16,18). The van der Waals surface area contributed by atoms with Gasteiger partial charge in [0.25, 0.3) is 5.91 Å². The molecule has 8 heteroatoms. The van der Waals surface area contributed by atoms with Crippen LogP contribution in [0.1, 0.15) is 15.2 Å². The second-order valence-electron chi connectivity index (χ2n) is 4.12. The summed E-state index contributed by atoms with van der Waals surface area (Å²) in [6, 6.07) is 6.50. The molecule has 0 fully saturated rings. The number of nitrogens with zero attached hydrogens (tertiary/aromatic N) is 1. The molecule has 0 bridgehead atoms. The molecule has 110 valence electrons. The van der Waals surface area contributed by atoms with E-state index in [1.807, 2.05) is 11.4 Å². The highest BCUT2D eigenvalue weighted by molar-refractivity contribution is 9.10. The van der Waals surface area contributed by atoms with Gasteiger partial charge in [0.15, 0.2) is 0 Å². The van der Waals surface area contributed by atoms with Gasteiger partial charge in [0.05, 0.1) is 11.5 Å². The quantitative estimate of drug-likeness (QED) is 0.624. The number of nitro benzene ring substituents is 1. The van der Waals surface area contributed by atoms with Gasteiger partial charge < -0.3 is 10.6 Å². The number of rotatable bonds is 5. The van der Waals surface area contributed by atoms with Crippen LogP contribution >= 0.6 is 27.3 Å². The van der Waals surface area contributed by atoms with Crippen molar-refractivity contribution in [3.8, 4) is 0 Å². The molecular weight excluding hydrogens is 358 g/mol. The average molecular weight is 370 g/mol. The first-order valence-electron chi connectivity index (χ1n) is 5.99. The summed E-state index contributed by atoms with van der Waals surface area (Å²) >= 11 is 4.83. The smallest absolute Gasteiger partial charge is 0.305 e. The number of hydrogen-bond acceptors (Lipinski definition) is 5. The minimum Gasteiger partial charge on any atom is -0.383 e. The monoisotopic (exact) mass is 369 g/mol. The maximum Gasteiger partial charge on any atom is 0.305 e. The first kappa shape index (κ1) is 15.5. The van der Waals surface area contributed by atoms with E-state index in [1.54, 1.807) is 19.2 Å². The van der Waals surface area contributed by atoms with E-state index in [9.17, 15) is 14.9 Å². The van der Waals surface area contributed by atoms with E-state index in [1.165, 1.54) is 17.4 Å². The van der Waals surface area contributed by atoms with E-state index >= 15 is 0 Å². The Hall–Kier alpha value is -1.93. The highest BCUT2D eigenvalue weighted by Gasteiger charge is 2.23. The number of nitrogens with one attached hydrogen (secondary N) is 2. The number of carbonyl (C=O) groups is 1. The fourth-order valence-electron chi connectivity index (χ4n) is 1.83. The molecule has 2 aromatic rings. The van der Waals surface area contributed by atoms with Gasteiger partial charge in [-0.25, -0.2) is 0 Å². The number of para-hydroxylation sites is 1. The van der Waals surface area contributed by atoms with Crippen LogP contribution in [0.5, 0.6) is 0 Å². The Balaban J connectivity index is 2.20. The molecule has 0 saturated carbocycles. The zero-order chi connectivity index (χ0) is 15.4. The van der Waals surface area contributed by atoms with E-state index in [0.29, 0.717) is 12.2 Å². The zero-order valence-corrected chi connectivity index (χ0v) is 13.5. The van der Waals surface area contributed by atoms with Crippen LogP contribution in [0.25, 0.3) is 0 Å². The predicted molar refractivity (Wildman–Crippen MR) is 85.8 cm³/mol. The summed E-state index contributed by atoms with van der Waals surface area (Å²) < 4.78 is 0.944. The van der Waals surface area contributed by atoms with Gasteiger partial charge in [-0.1, -0.05) is 6.07 Å². The molecule has 6 nitrogen and oxygen atoms in total. The van der Waals surface area contributed by atoms with Crippen molar-refractivity contribution in [3.05, 3.63) is 54.7 Å². The van der Waals surface area contributed by atoms with Gasteiger partial charge in [-0.05, 0) is 34.1 Å². The molecule has 0 radical (unpaired) electrons. The molecule has 2 rings (SSSR count). The van der Waals surface area contributed by atoms with Crippen molar-refractivity contribution in [3.63, 3.8) is 0 Å². The number of halogens is 1. The second-order valence-corrected chi connectivity index (χ2v) is 6.03. The molecule has 0 atom stereocenters. The van der Waals surface area contributed by atoms with Crippen LogP contribution in [0, 0.1) is 10.1 Å². The molecule has 0 aliphatic heterocycles. The second kappa shape index (κ2) is 6.68. The average Bonchev–Trinajstić information content (AvgIpc) is 2.89. The topological polar surface area (TPSA) is 84.3 Å². The number of benzene rings is 1. The fourth-order valence-corrected chi connectivity index (χ4v) is 3.23. The minimum absolute atomic E-state index is 0.0440. The molecular formula is C13H12BrN3O3S. The lowest BCUT2D eigenvalue weighted by Gasteiger charge is -2.08. The molecule has 21 heavy (non-hydrogen) atoms. The van der Waals surface area contributed by atoms with Crippen molar-refractivity contribution in [2.24, 2.45) is 0 Å². The Morgan fingerprint density at radius 3 is 2.81 bits per heavy atom. The third-order valence-electron chi connectivity index (χ3n) is 2.78. The maximum atomic E-state index is 12.2. The van der Waals surface area contributed by atoms with Crippen LogP contribution in [-0.2, 0) is 6.54 Å². The van der Waals surface area contributed by atoms with Crippen LogP contribution in [0.2, 0.25) is 0 Å². The van der Waals surface area contributed by atoms with Crippen LogP contribution in [0.3, 0.4) is 0 Å². The third kappa shape index (κ3) is 3.59. The SMILES string of the molecule is CNc1cccc(C(=O)NCc2cc(Br)cs2)c1[N+](=O)[O-]. The van der Waals surface area contributed by atoms with Crippen molar-refractivity contribution < 1.29 is 9.72 Å². The summed E-state index contributed by atoms with van der Waals surface area (Å²) in [7, 11) is 1.58. The highest BCUT2D eigenvalue weighted by Crippen LogP contribution is 2.28. The number of hydrogen-bond donors (Lipinski definition) is 2. The molecule has 0 aliphatic carbocycles. The summed E-state index contributed by atoms with van der Waals surface area (Å²) in [4.78, 5) is 23.7. The van der Waals surface area contributed by atoms with E-state index in [2.05, 4.69) is 26.6 Å². The number of anilines is 1. The summed E-state index contributed by atoms with van der Waals surface area (Å²) in [6.45, 7) is 0.329. The van der Waals surface area contributed by atoms with E-state index in [0.717, 1.165) is 9.35 Å². The number of thiophene rings is 1. The maximum absolute atomic E-state index is 12.2. The summed E-state index contributed by atoms with van der Waals surface area (Å²) in [5, 5.41) is 18.5. The van der Waals surface area contributed by atoms with Gasteiger partial charge >= 0.3 is 5.69 Å². The molecule has 0 aliphatic rings. The lowest BCUT2D eigenvalue weighted by Crippen LogP contribution is -2.23. The predicted octanol–water partition coefficient (Wildman–Crippen LogP) is 3.39. The Morgan fingerprint density at radius 1 is 1.48 bits per heavy atom. The van der Waals surface area contributed by atoms with Crippen molar-refractivity contribution in [1.82, 2.24) is 5.32 Å². The largest absolute Gasteiger partial charge is 0.383 e. The van der Waals surface area contributed by atoms with Crippen molar-refractivity contribution >= 4 is 44.5 Å². The van der Waals surface area contributed by atoms with Crippen molar-refractivity contribution in [2.75, 3.05) is 12.4 Å². The van der Waals surface area contributed by atoms with Gasteiger partial charge in [-0.2, -0.15) is 0 Å². The molecule has 1 aromatic carbocycles. The van der Waals surface area contributed by atoms with Crippen LogP contribution in [0.4, 0.5) is 11.4 Å². The van der Waals surface area contributed by atoms with Gasteiger partial charge in [-0.3, -0.25) is 14.9 Å². The van der Waals surface area contributed by atoms with E-state index in [4.69, 9.17) is 0 Å². The molecule has 2 N–H and O–H groups in total. The molecule has 0 unspecified atom stereocenters. The number of carbonyl (C=O) groups excluding carboxylic acids is 1. The highest BCUT2D eigenvalue weighted by atomic mass is 79.9. The summed E-state index contributed by atoms with van der Waals surface area (Å²) in [6.07, 6.45) is 0. The van der Waals surface area contributed by atoms with Crippen LogP contribution in [0.15, 0.2) is 34.1 Å². The van der Waals surface area contributed by atoms with E-state index in [-0.39, 0.29) is 11.3 Å². The van der Waals surface area contributed by atoms with Gasteiger partial charge in [0.2, 0.25) is 0 Å². The fraction of sp³-hybridized carbons (Fsp3) is 0.154. The Morgan fingerprint density at radius 2 is 2.24 bits per heavy atom. The van der Waals surface area contributed by atoms with Crippen LogP contribution in [-0.4, -0.2) is 17.9 Å². The molecule has 1 amide bonds. The number of amides is 1. The normalized spacial score (nSPS) is 10.2. The summed E-state index contributed by atoms with van der Waals surface area (Å²) in [5.41, 5.74) is 0.138. The van der Waals surface area contributed by atoms with Crippen LogP contribution < -0.4 is 10.6 Å². The lowest BCUT2D eigenvalue weighted by atomic mass is 10.1. The Labute approximate surface area is 133 Å².